The molecule has 0 unspecified atom stereocenters. The summed E-state index contributed by atoms with van der Waals surface area (Å²) >= 11 is 0. The number of hydrogen-bond donors (Lipinski definition) is 2. The molecule has 0 amide bonds. The Labute approximate surface area is 125 Å². The van der Waals surface area contributed by atoms with Crippen molar-refractivity contribution in [3.63, 3.8) is 0 Å². The van der Waals surface area contributed by atoms with Gasteiger partial charge in [0.05, 0.1) is 0 Å². The van der Waals surface area contributed by atoms with Gasteiger partial charge in [-0.1, -0.05) is 12.8 Å². The minimum Gasteiger partial charge on any atom is -0.377 e. The molecule has 0 aromatic heterocycles. The number of hydrogen-bond acceptors (Lipinski definition) is 5. The summed E-state index contributed by atoms with van der Waals surface area (Å²) in [5, 5.41) is 10.7. The van der Waals surface area contributed by atoms with Crippen LogP contribution in [0.4, 0.5) is 0 Å². The minimum atomic E-state index is -2.35. The molecular weight excluding hydrogens is 272 g/mol. The normalized spacial score (nSPS) is 11.8. The summed E-state index contributed by atoms with van der Waals surface area (Å²) in [6.07, 6.45) is 6.67. The average Bonchev–Trinajstić information content (AvgIpc) is 2.45. The van der Waals surface area contributed by atoms with Crippen LogP contribution in [0.5, 0.6) is 0 Å². The third kappa shape index (κ3) is 9.60. The van der Waals surface area contributed by atoms with Gasteiger partial charge in [0.2, 0.25) is 0 Å². The Morgan fingerprint density at radius 2 is 1.45 bits per heavy atom. The Balaban J connectivity index is 3.38. The summed E-state index contributed by atoms with van der Waals surface area (Å²) in [5.41, 5.74) is 0.772. The molecule has 20 heavy (non-hydrogen) atoms. The Kier molecular flexibility index (Phi) is 12.3. The summed E-state index contributed by atoms with van der Waals surface area (Å²) < 4.78 is 16.2. The Morgan fingerprint density at radius 3 is 2.00 bits per heavy atom. The standard InChI is InChI=1S/C14H32N2O3Si/c1-14(15)10-9-12-16-11-7-5-6-8-13-20(17-2,18-3)19-4/h15-16H,5-13H2,1-4H3. The first kappa shape index (κ1) is 19.7. The Hall–Kier alpha value is -0.273. The molecule has 5 nitrogen and oxygen atoms in total. The molecule has 0 heterocycles. The van der Waals surface area contributed by atoms with Crippen LogP contribution in [0.1, 0.15) is 45.4 Å². The predicted molar refractivity (Wildman–Crippen MR) is 85.6 cm³/mol. The second-order valence-electron chi connectivity index (χ2n) is 5.09. The van der Waals surface area contributed by atoms with Gasteiger partial charge in [0, 0.05) is 33.1 Å². The van der Waals surface area contributed by atoms with Gasteiger partial charge in [-0.3, -0.25) is 0 Å². The van der Waals surface area contributed by atoms with Crippen LogP contribution in [0.3, 0.4) is 0 Å². The number of rotatable bonds is 14. The fourth-order valence-electron chi connectivity index (χ4n) is 2.10. The zero-order valence-corrected chi connectivity index (χ0v) is 14.6. The van der Waals surface area contributed by atoms with Crippen molar-refractivity contribution in [3.8, 4) is 0 Å². The lowest BCUT2D eigenvalue weighted by Gasteiger charge is -2.24. The molecule has 0 aromatic rings. The number of unbranched alkanes of at least 4 members (excludes halogenated alkanes) is 3. The summed E-state index contributed by atoms with van der Waals surface area (Å²) in [7, 11) is 2.65. The molecule has 0 spiro atoms. The van der Waals surface area contributed by atoms with E-state index in [4.69, 9.17) is 18.7 Å². The minimum absolute atomic E-state index is 0.772. The highest BCUT2D eigenvalue weighted by Gasteiger charge is 2.36. The fraction of sp³-hybridized carbons (Fsp3) is 0.929. The third-order valence-corrected chi connectivity index (χ3v) is 6.26. The molecule has 0 aliphatic heterocycles. The highest BCUT2D eigenvalue weighted by Crippen LogP contribution is 2.17. The maximum Gasteiger partial charge on any atom is 0.500 e. The lowest BCUT2D eigenvalue weighted by molar-refractivity contribution is 0.122. The van der Waals surface area contributed by atoms with Crippen molar-refractivity contribution in [1.82, 2.24) is 5.32 Å². The average molecular weight is 305 g/mol. The van der Waals surface area contributed by atoms with Gasteiger partial charge in [0.15, 0.2) is 0 Å². The predicted octanol–water partition coefficient (Wildman–Crippen LogP) is 2.83. The van der Waals surface area contributed by atoms with E-state index in [2.05, 4.69) is 5.32 Å². The summed E-state index contributed by atoms with van der Waals surface area (Å²) in [6.45, 7) is 3.95. The van der Waals surface area contributed by atoms with E-state index in [0.717, 1.165) is 44.1 Å². The summed E-state index contributed by atoms with van der Waals surface area (Å²) in [4.78, 5) is 0. The topological polar surface area (TPSA) is 63.6 Å². The first-order valence-corrected chi connectivity index (χ1v) is 9.43. The van der Waals surface area contributed by atoms with E-state index < -0.39 is 8.80 Å². The van der Waals surface area contributed by atoms with Crippen LogP contribution < -0.4 is 5.32 Å². The maximum absolute atomic E-state index is 7.33. The first-order chi connectivity index (χ1) is 9.60. The molecule has 0 saturated carbocycles. The lowest BCUT2D eigenvalue weighted by Crippen LogP contribution is -2.42. The van der Waals surface area contributed by atoms with Crippen molar-refractivity contribution < 1.29 is 13.3 Å². The molecule has 0 radical (unpaired) electrons. The molecule has 120 valence electrons. The van der Waals surface area contributed by atoms with E-state index in [9.17, 15) is 0 Å². The van der Waals surface area contributed by atoms with E-state index >= 15 is 0 Å². The maximum atomic E-state index is 7.33. The largest absolute Gasteiger partial charge is 0.500 e. The molecule has 0 bridgehead atoms. The van der Waals surface area contributed by atoms with Crippen molar-refractivity contribution in [2.45, 2.75) is 51.5 Å². The van der Waals surface area contributed by atoms with Gasteiger partial charge in [0.25, 0.3) is 0 Å². The van der Waals surface area contributed by atoms with E-state index in [1.54, 1.807) is 21.3 Å². The van der Waals surface area contributed by atoms with Crippen LogP contribution in [0.2, 0.25) is 6.04 Å². The Bertz CT molecular complexity index is 240. The highest BCUT2D eigenvalue weighted by molar-refractivity contribution is 6.60. The van der Waals surface area contributed by atoms with Crippen LogP contribution in [0.25, 0.3) is 0 Å². The smallest absolute Gasteiger partial charge is 0.377 e. The second kappa shape index (κ2) is 12.5. The van der Waals surface area contributed by atoms with Gasteiger partial charge in [-0.15, -0.1) is 0 Å². The third-order valence-electron chi connectivity index (χ3n) is 3.42. The van der Waals surface area contributed by atoms with Crippen molar-refractivity contribution in [2.75, 3.05) is 34.4 Å². The Morgan fingerprint density at radius 1 is 0.900 bits per heavy atom. The van der Waals surface area contributed by atoms with E-state index in [1.165, 1.54) is 19.3 Å². The first-order valence-electron chi connectivity index (χ1n) is 7.50. The lowest BCUT2D eigenvalue weighted by atomic mass is 10.2. The fourth-order valence-corrected chi connectivity index (χ4v) is 3.90. The van der Waals surface area contributed by atoms with Crippen LogP contribution >= 0.6 is 0 Å². The molecule has 0 aliphatic rings. The van der Waals surface area contributed by atoms with E-state index in [-0.39, 0.29) is 0 Å². The van der Waals surface area contributed by atoms with Gasteiger partial charge >= 0.3 is 8.80 Å². The molecule has 0 fully saturated rings. The van der Waals surface area contributed by atoms with E-state index in [1.807, 2.05) is 6.92 Å². The van der Waals surface area contributed by atoms with E-state index in [0.29, 0.717) is 0 Å². The van der Waals surface area contributed by atoms with Crippen LogP contribution in [0, 0.1) is 5.41 Å². The van der Waals surface area contributed by atoms with Gasteiger partial charge in [-0.2, -0.15) is 0 Å². The SMILES string of the molecule is CO[Si](CCCCCCNCCCC(C)=N)(OC)OC. The summed E-state index contributed by atoms with van der Waals surface area (Å²) in [5.74, 6) is 0. The van der Waals surface area contributed by atoms with Gasteiger partial charge < -0.3 is 24.0 Å². The second-order valence-corrected chi connectivity index (χ2v) is 8.18. The molecule has 0 rings (SSSR count). The monoisotopic (exact) mass is 304 g/mol. The molecule has 0 aromatic carbocycles. The molecule has 6 heteroatoms. The van der Waals surface area contributed by atoms with Gasteiger partial charge in [-0.25, -0.2) is 0 Å². The summed E-state index contributed by atoms with van der Waals surface area (Å²) in [6, 6.07) is 0.891. The van der Waals surface area contributed by atoms with Crippen molar-refractivity contribution >= 4 is 14.5 Å². The molecule has 2 N–H and O–H groups in total. The number of nitrogens with one attached hydrogen (secondary N) is 2. The van der Waals surface area contributed by atoms with Gasteiger partial charge in [0.1, 0.15) is 0 Å². The zero-order chi connectivity index (χ0) is 15.3. The molecule has 0 atom stereocenters. The molecule has 0 aliphatic carbocycles. The zero-order valence-electron chi connectivity index (χ0n) is 13.6. The van der Waals surface area contributed by atoms with Crippen molar-refractivity contribution in [2.24, 2.45) is 0 Å². The quantitative estimate of drug-likeness (QED) is 0.294. The van der Waals surface area contributed by atoms with Crippen LogP contribution in [-0.4, -0.2) is 48.9 Å². The van der Waals surface area contributed by atoms with Crippen molar-refractivity contribution in [3.05, 3.63) is 0 Å². The van der Waals surface area contributed by atoms with Crippen LogP contribution in [-0.2, 0) is 13.3 Å². The van der Waals surface area contributed by atoms with Crippen molar-refractivity contribution in [1.29, 1.82) is 5.41 Å². The molecule has 0 saturated heterocycles. The van der Waals surface area contributed by atoms with Gasteiger partial charge in [-0.05, 0) is 45.7 Å². The highest BCUT2D eigenvalue weighted by atomic mass is 28.4. The van der Waals surface area contributed by atoms with Crippen LogP contribution in [0.15, 0.2) is 0 Å². The molecular formula is C14H32N2O3Si.